The Hall–Kier alpha value is -2.66. The Kier molecular flexibility index (Phi) is 4.16. The van der Waals surface area contributed by atoms with E-state index in [1.54, 1.807) is 18.3 Å². The van der Waals surface area contributed by atoms with Crippen LogP contribution in [0.2, 0.25) is 0 Å². The molecule has 0 bridgehead atoms. The molecule has 0 spiro atoms. The van der Waals surface area contributed by atoms with Crippen molar-refractivity contribution in [1.82, 2.24) is 4.98 Å². The van der Waals surface area contributed by atoms with Crippen LogP contribution in [0, 0.1) is 0 Å². The number of amides is 1. The van der Waals surface area contributed by atoms with Gasteiger partial charge in [-0.15, -0.1) is 11.3 Å². The lowest BCUT2D eigenvalue weighted by molar-refractivity contribution is 0.103. The number of benzene rings is 1. The largest absolute Gasteiger partial charge is 0.343 e. The lowest BCUT2D eigenvalue weighted by Gasteiger charge is -2.19. The zero-order chi connectivity index (χ0) is 15.4. The third kappa shape index (κ3) is 3.15. The molecule has 0 radical (unpaired) electrons. The van der Waals surface area contributed by atoms with Gasteiger partial charge in [0.2, 0.25) is 0 Å². The summed E-state index contributed by atoms with van der Waals surface area (Å²) in [6, 6.07) is 17.4. The normalized spacial score (nSPS) is 10.2. The van der Waals surface area contributed by atoms with Crippen LogP contribution in [0.1, 0.15) is 9.67 Å². The highest BCUT2D eigenvalue weighted by Crippen LogP contribution is 2.23. The Balaban J connectivity index is 1.72. The van der Waals surface area contributed by atoms with Gasteiger partial charge in [0.1, 0.15) is 5.82 Å². The first-order chi connectivity index (χ1) is 10.7. The van der Waals surface area contributed by atoms with Gasteiger partial charge in [-0.05, 0) is 35.7 Å². The molecule has 3 rings (SSSR count). The maximum Gasteiger partial charge on any atom is 0.266 e. The third-order valence-corrected chi connectivity index (χ3v) is 4.13. The number of nitrogens with one attached hydrogen (secondary N) is 1. The highest BCUT2D eigenvalue weighted by molar-refractivity contribution is 7.12. The quantitative estimate of drug-likeness (QED) is 0.787. The van der Waals surface area contributed by atoms with Crippen molar-refractivity contribution in [1.29, 1.82) is 0 Å². The van der Waals surface area contributed by atoms with E-state index >= 15 is 0 Å². The third-order valence-electron chi connectivity index (χ3n) is 3.27. The van der Waals surface area contributed by atoms with Crippen molar-refractivity contribution in [2.24, 2.45) is 0 Å². The van der Waals surface area contributed by atoms with Crippen LogP contribution >= 0.6 is 11.3 Å². The van der Waals surface area contributed by atoms with Gasteiger partial charge >= 0.3 is 0 Å². The van der Waals surface area contributed by atoms with Crippen molar-refractivity contribution >= 4 is 34.4 Å². The van der Waals surface area contributed by atoms with Crippen LogP contribution in [-0.4, -0.2) is 17.9 Å². The maximum atomic E-state index is 12.0. The van der Waals surface area contributed by atoms with Gasteiger partial charge in [0.25, 0.3) is 5.91 Å². The van der Waals surface area contributed by atoms with Gasteiger partial charge in [0.05, 0.1) is 16.8 Å². The van der Waals surface area contributed by atoms with Gasteiger partial charge in [-0.2, -0.15) is 0 Å². The Bertz CT molecular complexity index is 739. The van der Waals surface area contributed by atoms with Crippen molar-refractivity contribution in [2.45, 2.75) is 0 Å². The molecule has 2 heterocycles. The second-order valence-electron chi connectivity index (χ2n) is 4.73. The maximum absolute atomic E-state index is 12.0. The number of hydrogen-bond donors (Lipinski definition) is 1. The molecule has 4 nitrogen and oxygen atoms in total. The molecule has 110 valence electrons. The summed E-state index contributed by atoms with van der Waals surface area (Å²) < 4.78 is 0. The molecule has 2 aromatic heterocycles. The first-order valence-electron chi connectivity index (χ1n) is 6.84. The molecule has 0 atom stereocenters. The SMILES string of the molecule is CN(c1ccccc1)c1ccc(NC(=O)c2cccs2)nc1. The number of para-hydroxylation sites is 1. The monoisotopic (exact) mass is 309 g/mol. The minimum Gasteiger partial charge on any atom is -0.343 e. The molecule has 0 fully saturated rings. The number of rotatable bonds is 4. The Morgan fingerprint density at radius 2 is 1.86 bits per heavy atom. The van der Waals surface area contributed by atoms with Gasteiger partial charge in [-0.3, -0.25) is 4.79 Å². The van der Waals surface area contributed by atoms with Crippen molar-refractivity contribution in [3.63, 3.8) is 0 Å². The summed E-state index contributed by atoms with van der Waals surface area (Å²) in [5.41, 5.74) is 2.04. The summed E-state index contributed by atoms with van der Waals surface area (Å²) in [6.07, 6.45) is 1.75. The second kappa shape index (κ2) is 6.41. The van der Waals surface area contributed by atoms with Gasteiger partial charge in [-0.1, -0.05) is 24.3 Å². The lowest BCUT2D eigenvalue weighted by atomic mass is 10.2. The van der Waals surface area contributed by atoms with Crippen LogP contribution in [-0.2, 0) is 0 Å². The van der Waals surface area contributed by atoms with E-state index in [0.717, 1.165) is 11.4 Å². The highest BCUT2D eigenvalue weighted by atomic mass is 32.1. The summed E-state index contributed by atoms with van der Waals surface area (Å²) in [5, 5.41) is 4.67. The van der Waals surface area contributed by atoms with Crippen molar-refractivity contribution in [3.05, 3.63) is 71.1 Å². The molecule has 0 saturated carbocycles. The molecule has 22 heavy (non-hydrogen) atoms. The number of anilines is 3. The zero-order valence-electron chi connectivity index (χ0n) is 12.1. The summed E-state index contributed by atoms with van der Waals surface area (Å²) in [5.74, 6) is 0.412. The molecule has 0 aliphatic carbocycles. The number of nitrogens with zero attached hydrogens (tertiary/aromatic N) is 2. The molecule has 3 aromatic rings. The summed E-state index contributed by atoms with van der Waals surface area (Å²) >= 11 is 1.41. The second-order valence-corrected chi connectivity index (χ2v) is 5.68. The van der Waals surface area contributed by atoms with Crippen molar-refractivity contribution in [2.75, 3.05) is 17.3 Å². The van der Waals surface area contributed by atoms with Crippen LogP contribution in [0.15, 0.2) is 66.2 Å². The molecule has 1 aromatic carbocycles. The number of carbonyl (C=O) groups excluding carboxylic acids is 1. The fourth-order valence-electron chi connectivity index (χ4n) is 2.04. The summed E-state index contributed by atoms with van der Waals surface area (Å²) in [7, 11) is 1.98. The summed E-state index contributed by atoms with van der Waals surface area (Å²) in [4.78, 5) is 19.0. The Labute approximate surface area is 133 Å². The topological polar surface area (TPSA) is 45.2 Å². The Morgan fingerprint density at radius 3 is 2.50 bits per heavy atom. The van der Waals surface area contributed by atoms with Crippen LogP contribution in [0.5, 0.6) is 0 Å². The molecule has 0 aliphatic heterocycles. The number of aromatic nitrogens is 1. The molecular weight excluding hydrogens is 294 g/mol. The molecule has 0 aliphatic rings. The van der Waals surface area contributed by atoms with E-state index in [1.165, 1.54) is 11.3 Å². The minimum absolute atomic E-state index is 0.133. The van der Waals surface area contributed by atoms with Crippen LogP contribution < -0.4 is 10.2 Å². The Morgan fingerprint density at radius 1 is 1.05 bits per heavy atom. The first kappa shape index (κ1) is 14.3. The van der Waals surface area contributed by atoms with Gasteiger partial charge < -0.3 is 10.2 Å². The average molecular weight is 309 g/mol. The smallest absolute Gasteiger partial charge is 0.266 e. The highest BCUT2D eigenvalue weighted by Gasteiger charge is 2.08. The predicted molar refractivity (Wildman–Crippen MR) is 91.0 cm³/mol. The number of carbonyl (C=O) groups is 1. The van der Waals surface area contributed by atoms with E-state index in [2.05, 4.69) is 10.3 Å². The number of pyridine rings is 1. The van der Waals surface area contributed by atoms with Crippen molar-refractivity contribution in [3.8, 4) is 0 Å². The minimum atomic E-state index is -0.133. The zero-order valence-corrected chi connectivity index (χ0v) is 12.9. The van der Waals surface area contributed by atoms with E-state index in [1.807, 2.05) is 59.8 Å². The van der Waals surface area contributed by atoms with Gasteiger partial charge in [-0.25, -0.2) is 4.98 Å². The molecule has 5 heteroatoms. The average Bonchev–Trinajstić information content (AvgIpc) is 3.10. The van der Waals surface area contributed by atoms with E-state index in [4.69, 9.17) is 0 Å². The van der Waals surface area contributed by atoms with Gasteiger partial charge in [0.15, 0.2) is 0 Å². The van der Waals surface area contributed by atoms with E-state index in [-0.39, 0.29) is 5.91 Å². The fraction of sp³-hybridized carbons (Fsp3) is 0.0588. The predicted octanol–water partition coefficient (Wildman–Crippen LogP) is 4.16. The van der Waals surface area contributed by atoms with Crippen LogP contribution in [0.4, 0.5) is 17.2 Å². The molecule has 0 unspecified atom stereocenters. The molecular formula is C17H15N3OS. The van der Waals surface area contributed by atoms with Gasteiger partial charge in [0, 0.05) is 12.7 Å². The number of hydrogen-bond acceptors (Lipinski definition) is 4. The van der Waals surface area contributed by atoms with E-state index in [9.17, 15) is 4.79 Å². The molecule has 0 saturated heterocycles. The van der Waals surface area contributed by atoms with E-state index in [0.29, 0.717) is 10.7 Å². The van der Waals surface area contributed by atoms with Crippen molar-refractivity contribution < 1.29 is 4.79 Å². The summed E-state index contributed by atoms with van der Waals surface area (Å²) in [6.45, 7) is 0. The lowest BCUT2D eigenvalue weighted by Crippen LogP contribution is -2.13. The first-order valence-corrected chi connectivity index (χ1v) is 7.72. The molecule has 1 N–H and O–H groups in total. The number of thiophene rings is 1. The van der Waals surface area contributed by atoms with Crippen LogP contribution in [0.25, 0.3) is 0 Å². The molecule has 1 amide bonds. The standard InChI is InChI=1S/C17H15N3OS/c1-20(13-6-3-2-4-7-13)14-9-10-16(18-12-14)19-17(21)15-8-5-11-22-15/h2-12H,1H3,(H,18,19,21). The fourth-order valence-corrected chi connectivity index (χ4v) is 2.66. The van der Waals surface area contributed by atoms with E-state index < -0.39 is 0 Å². The van der Waals surface area contributed by atoms with Crippen LogP contribution in [0.3, 0.4) is 0 Å².